The van der Waals surface area contributed by atoms with Gasteiger partial charge in [-0.15, -0.1) is 0 Å². The molecule has 1 aromatic heterocycles. The van der Waals surface area contributed by atoms with Gasteiger partial charge in [0.05, 0.1) is 18.0 Å². The average Bonchev–Trinajstić information content (AvgIpc) is 2.76. The first kappa shape index (κ1) is 25.0. The number of pyridine rings is 1. The second-order valence-electron chi connectivity index (χ2n) is 7.68. The number of urea groups is 1. The lowest BCUT2D eigenvalue weighted by Crippen LogP contribution is -2.41. The number of alkyl halides is 2. The summed E-state index contributed by atoms with van der Waals surface area (Å²) >= 11 is 0. The summed E-state index contributed by atoms with van der Waals surface area (Å²) in [7, 11) is 1.64. The standard InChI is InChI=1S/C24H31F2N5O/c1-6-15(3)21(31-23(32)30-14-24(4,25)26)12-18-10-17(11-20(27)22(18)28-5)19-13-29-9-8-16(19)7-2/h8-13H,6-7,14,27H2,1-5H3,(H2,30,31,32)/b18-12-,21-15-,28-22+. The molecule has 0 unspecified atom stereocenters. The second kappa shape index (κ2) is 10.8. The first-order chi connectivity index (χ1) is 15.1. The van der Waals surface area contributed by atoms with Gasteiger partial charge in [0, 0.05) is 43.2 Å². The third-order valence-corrected chi connectivity index (χ3v) is 5.09. The van der Waals surface area contributed by atoms with Gasteiger partial charge in [-0.3, -0.25) is 9.98 Å². The summed E-state index contributed by atoms with van der Waals surface area (Å²) in [6.45, 7) is 5.88. The molecule has 1 aliphatic rings. The lowest BCUT2D eigenvalue weighted by atomic mass is 9.90. The van der Waals surface area contributed by atoms with Crippen LogP contribution in [0.1, 0.15) is 45.2 Å². The van der Waals surface area contributed by atoms with Crippen LogP contribution in [-0.4, -0.2) is 36.2 Å². The van der Waals surface area contributed by atoms with E-state index in [1.54, 1.807) is 25.5 Å². The van der Waals surface area contributed by atoms with Crippen LogP contribution in [-0.2, 0) is 6.42 Å². The summed E-state index contributed by atoms with van der Waals surface area (Å²) in [6, 6.07) is 1.26. The maximum atomic E-state index is 13.1. The van der Waals surface area contributed by atoms with Gasteiger partial charge in [-0.25, -0.2) is 13.6 Å². The molecule has 0 fully saturated rings. The van der Waals surface area contributed by atoms with Gasteiger partial charge in [-0.1, -0.05) is 13.8 Å². The number of rotatable bonds is 7. The van der Waals surface area contributed by atoms with E-state index in [2.05, 4.69) is 27.5 Å². The van der Waals surface area contributed by atoms with Crippen LogP contribution in [0.4, 0.5) is 13.6 Å². The Morgan fingerprint density at radius 2 is 2.03 bits per heavy atom. The highest BCUT2D eigenvalue weighted by Crippen LogP contribution is 2.28. The maximum absolute atomic E-state index is 13.1. The quantitative estimate of drug-likeness (QED) is 0.579. The molecule has 6 nitrogen and oxygen atoms in total. The minimum atomic E-state index is -3.00. The van der Waals surface area contributed by atoms with Crippen molar-refractivity contribution >= 4 is 17.3 Å². The minimum absolute atomic E-state index is 0.491. The molecule has 8 heteroatoms. The fraction of sp³-hybridized carbons (Fsp3) is 0.375. The molecule has 0 aliphatic heterocycles. The largest absolute Gasteiger partial charge is 0.397 e. The number of carbonyl (C=O) groups excluding carboxylic acids is 1. The van der Waals surface area contributed by atoms with Crippen LogP contribution in [0.3, 0.4) is 0 Å². The zero-order valence-electron chi connectivity index (χ0n) is 19.2. The SMILES string of the molecule is CC/C(C)=C(/C=C1/C=C(c2cnccc2CC)C=C(N)/C1=N/C)NC(=O)NCC(C)(F)F. The van der Waals surface area contributed by atoms with Gasteiger partial charge < -0.3 is 16.4 Å². The number of carbonyl (C=O) groups is 1. The molecule has 2 rings (SSSR count). The number of nitrogens with two attached hydrogens (primary N) is 1. The molecule has 0 radical (unpaired) electrons. The highest BCUT2D eigenvalue weighted by molar-refractivity contribution is 6.18. The Hall–Kier alpha value is -3.29. The lowest BCUT2D eigenvalue weighted by Gasteiger charge is -2.19. The van der Waals surface area contributed by atoms with Crippen LogP contribution in [0.5, 0.6) is 0 Å². The molecular formula is C24H31F2N5O. The number of allylic oxidation sites excluding steroid dienone is 6. The topological polar surface area (TPSA) is 92.4 Å². The van der Waals surface area contributed by atoms with Crippen LogP contribution in [0, 0.1) is 0 Å². The summed E-state index contributed by atoms with van der Waals surface area (Å²) in [5.74, 6) is -3.00. The van der Waals surface area contributed by atoms with Crippen molar-refractivity contribution in [3.05, 3.63) is 70.4 Å². The van der Waals surface area contributed by atoms with Crippen molar-refractivity contribution in [2.45, 2.75) is 46.5 Å². The number of halogens is 2. The number of hydrogen-bond donors (Lipinski definition) is 3. The van der Waals surface area contributed by atoms with E-state index in [1.165, 1.54) is 0 Å². The Morgan fingerprint density at radius 1 is 1.31 bits per heavy atom. The van der Waals surface area contributed by atoms with Crippen molar-refractivity contribution in [1.82, 2.24) is 15.6 Å². The maximum Gasteiger partial charge on any atom is 0.319 e. The molecule has 0 atom stereocenters. The number of aryl methyl sites for hydroxylation is 1. The van der Waals surface area contributed by atoms with Crippen LogP contribution in [0.15, 0.2) is 64.2 Å². The van der Waals surface area contributed by atoms with Gasteiger partial charge in [0.2, 0.25) is 0 Å². The highest BCUT2D eigenvalue weighted by atomic mass is 19.3. The molecule has 1 aromatic rings. The van der Waals surface area contributed by atoms with Crippen molar-refractivity contribution in [3.8, 4) is 0 Å². The zero-order chi connectivity index (χ0) is 23.9. The Morgan fingerprint density at radius 3 is 2.62 bits per heavy atom. The molecule has 1 heterocycles. The molecule has 0 spiro atoms. The molecule has 2 amide bonds. The molecule has 0 bridgehead atoms. The molecule has 0 saturated heterocycles. The fourth-order valence-corrected chi connectivity index (χ4v) is 3.21. The number of hydrogen-bond acceptors (Lipinski definition) is 4. The van der Waals surface area contributed by atoms with Gasteiger partial charge in [-0.05, 0) is 60.8 Å². The van der Waals surface area contributed by atoms with Crippen molar-refractivity contribution < 1.29 is 13.6 Å². The molecule has 0 aromatic carbocycles. The Balaban J connectivity index is 2.48. The smallest absolute Gasteiger partial charge is 0.319 e. The van der Waals surface area contributed by atoms with Crippen molar-refractivity contribution in [3.63, 3.8) is 0 Å². The Kier molecular flexibility index (Phi) is 8.46. The summed E-state index contributed by atoms with van der Waals surface area (Å²) in [4.78, 5) is 20.8. The molecule has 1 aliphatic carbocycles. The van der Waals surface area contributed by atoms with E-state index in [-0.39, 0.29) is 0 Å². The van der Waals surface area contributed by atoms with E-state index < -0.39 is 18.5 Å². The van der Waals surface area contributed by atoms with E-state index in [9.17, 15) is 13.6 Å². The predicted octanol–water partition coefficient (Wildman–Crippen LogP) is 4.52. The zero-order valence-corrected chi connectivity index (χ0v) is 19.2. The normalized spacial score (nSPS) is 17.6. The van der Waals surface area contributed by atoms with Gasteiger partial charge in [0.25, 0.3) is 5.92 Å². The van der Waals surface area contributed by atoms with Gasteiger partial charge in [0.1, 0.15) is 0 Å². The van der Waals surface area contributed by atoms with Crippen LogP contribution in [0.25, 0.3) is 5.57 Å². The second-order valence-corrected chi connectivity index (χ2v) is 7.68. The monoisotopic (exact) mass is 443 g/mol. The fourth-order valence-electron chi connectivity index (χ4n) is 3.21. The molecular weight excluding hydrogens is 412 g/mol. The number of aliphatic imine (C=N–C) groups is 1. The van der Waals surface area contributed by atoms with E-state index in [4.69, 9.17) is 5.73 Å². The third kappa shape index (κ3) is 6.60. The number of nitrogens with zero attached hydrogens (tertiary/aromatic N) is 2. The number of aromatic nitrogens is 1. The molecule has 172 valence electrons. The summed E-state index contributed by atoms with van der Waals surface area (Å²) in [5, 5.41) is 4.89. The highest BCUT2D eigenvalue weighted by Gasteiger charge is 2.22. The van der Waals surface area contributed by atoms with E-state index in [0.29, 0.717) is 29.1 Å². The van der Waals surface area contributed by atoms with Gasteiger partial charge in [-0.2, -0.15) is 0 Å². The van der Waals surface area contributed by atoms with Crippen LogP contribution < -0.4 is 16.4 Å². The first-order valence-electron chi connectivity index (χ1n) is 10.5. The van der Waals surface area contributed by atoms with Gasteiger partial charge in [0.15, 0.2) is 0 Å². The van der Waals surface area contributed by atoms with E-state index >= 15 is 0 Å². The van der Waals surface area contributed by atoms with Crippen molar-refractivity contribution in [1.29, 1.82) is 0 Å². The summed E-state index contributed by atoms with van der Waals surface area (Å²) in [5.41, 5.74) is 12.5. The predicted molar refractivity (Wildman–Crippen MR) is 125 cm³/mol. The Bertz CT molecular complexity index is 1010. The molecule has 32 heavy (non-hydrogen) atoms. The molecule has 0 saturated carbocycles. The van der Waals surface area contributed by atoms with Crippen LogP contribution in [0.2, 0.25) is 0 Å². The first-order valence-corrected chi connectivity index (χ1v) is 10.5. The summed E-state index contributed by atoms with van der Waals surface area (Å²) < 4.78 is 26.2. The van der Waals surface area contributed by atoms with Crippen LogP contribution >= 0.6 is 0 Å². The summed E-state index contributed by atoms with van der Waals surface area (Å²) in [6.07, 6.45) is 10.6. The number of amides is 2. The minimum Gasteiger partial charge on any atom is -0.397 e. The lowest BCUT2D eigenvalue weighted by molar-refractivity contribution is 0.0253. The Labute approximate surface area is 188 Å². The third-order valence-electron chi connectivity index (χ3n) is 5.09. The van der Waals surface area contributed by atoms with E-state index in [0.717, 1.165) is 35.6 Å². The average molecular weight is 444 g/mol. The molecule has 4 N–H and O–H groups in total. The van der Waals surface area contributed by atoms with E-state index in [1.807, 2.05) is 32.1 Å². The van der Waals surface area contributed by atoms with Crippen molar-refractivity contribution in [2.24, 2.45) is 10.7 Å². The number of nitrogens with one attached hydrogen (secondary N) is 2. The van der Waals surface area contributed by atoms with Gasteiger partial charge >= 0.3 is 6.03 Å². The van der Waals surface area contributed by atoms with Crippen molar-refractivity contribution in [2.75, 3.05) is 13.6 Å².